The Morgan fingerprint density at radius 2 is 2.11 bits per heavy atom. The van der Waals surface area contributed by atoms with Crippen molar-refractivity contribution in [3.8, 4) is 0 Å². The van der Waals surface area contributed by atoms with Gasteiger partial charge in [-0.25, -0.2) is 0 Å². The van der Waals surface area contributed by atoms with Gasteiger partial charge < -0.3 is 34.3 Å². The monoisotopic (exact) mass is 174 g/mol. The number of hydrogen-bond donors (Lipinski definition) is 0. The average Bonchev–Trinajstić information content (AvgIpc) is 1.66. The number of methoxy groups -OCH3 is 1. The molecule has 0 amide bonds. The number of rotatable bonds is 3. The molecule has 48 valence electrons. The maximum absolute atomic E-state index is 4.70. The van der Waals surface area contributed by atoms with Gasteiger partial charge in [0.25, 0.3) is 0 Å². The van der Waals surface area contributed by atoms with E-state index in [2.05, 4.69) is 29.6 Å². The zero-order chi connectivity index (χ0) is 6.41. The molecule has 0 saturated heterocycles. The van der Waals surface area contributed by atoms with Gasteiger partial charge in [0.15, 0.2) is 0 Å². The molecule has 0 fully saturated rings. The molecule has 0 atom stereocenters. The number of ether oxygens (including phenoxy) is 2. The molecule has 9 heavy (non-hydrogen) atoms. The van der Waals surface area contributed by atoms with Crippen molar-refractivity contribution in [2.75, 3.05) is 20.3 Å². The molecule has 0 bridgehead atoms. The molecule has 2 nitrogen and oxygen atoms in total. The van der Waals surface area contributed by atoms with Crippen LogP contribution >= 0.6 is 12.2 Å². The van der Waals surface area contributed by atoms with Crippen LogP contribution in [0.5, 0.6) is 0 Å². The summed E-state index contributed by atoms with van der Waals surface area (Å²) in [6, 6.07) is 0. The molecule has 0 aromatic rings. The summed E-state index contributed by atoms with van der Waals surface area (Å²) < 4.78 is 9.52. The summed E-state index contributed by atoms with van der Waals surface area (Å²) in [5, 5.41) is 0. The first-order valence-electron chi connectivity index (χ1n) is 2.10. The van der Waals surface area contributed by atoms with Gasteiger partial charge in [-0.3, -0.25) is 0 Å². The zero-order valence-electron chi connectivity index (χ0n) is 5.55. The van der Waals surface area contributed by atoms with Crippen molar-refractivity contribution in [2.24, 2.45) is 0 Å². The first-order chi connectivity index (χ1) is 3.77. The SMILES string of the molecule is COCCOC(=S)[S-].[Na+]. The van der Waals surface area contributed by atoms with Gasteiger partial charge in [-0.2, -0.15) is 0 Å². The van der Waals surface area contributed by atoms with E-state index in [1.54, 1.807) is 7.11 Å². The van der Waals surface area contributed by atoms with Gasteiger partial charge in [0.1, 0.15) is 6.61 Å². The Morgan fingerprint density at radius 3 is 2.44 bits per heavy atom. The average molecular weight is 174 g/mol. The topological polar surface area (TPSA) is 18.5 Å². The van der Waals surface area contributed by atoms with Gasteiger partial charge in [0, 0.05) is 11.5 Å². The van der Waals surface area contributed by atoms with Gasteiger partial charge >= 0.3 is 29.6 Å². The van der Waals surface area contributed by atoms with Crippen molar-refractivity contribution < 1.29 is 39.0 Å². The normalized spacial score (nSPS) is 7.67. The Balaban J connectivity index is 0. The van der Waals surface area contributed by atoms with E-state index in [0.717, 1.165) is 0 Å². The number of thiocarbonyl (C=S) groups is 1. The molecule has 0 aliphatic carbocycles. The molecule has 0 spiro atoms. The molecule has 0 aromatic carbocycles. The van der Waals surface area contributed by atoms with E-state index >= 15 is 0 Å². The van der Waals surface area contributed by atoms with Crippen LogP contribution in [-0.4, -0.2) is 24.7 Å². The summed E-state index contributed by atoms with van der Waals surface area (Å²) in [6.07, 6.45) is 0. The fourth-order valence-corrected chi connectivity index (χ4v) is 0.375. The summed E-state index contributed by atoms with van der Waals surface area (Å²) in [5.41, 5.74) is 0. The second-order valence-corrected chi connectivity index (χ2v) is 2.09. The fourth-order valence-electron chi connectivity index (χ4n) is 0.208. The molecule has 0 aliphatic rings. The van der Waals surface area contributed by atoms with Crippen LogP contribution in [0.3, 0.4) is 0 Å². The molecule has 0 aliphatic heterocycles. The summed E-state index contributed by atoms with van der Waals surface area (Å²) in [7, 11) is 1.59. The maximum Gasteiger partial charge on any atom is 1.00 e. The van der Waals surface area contributed by atoms with Crippen LogP contribution in [0.15, 0.2) is 0 Å². The van der Waals surface area contributed by atoms with Crippen LogP contribution in [-0.2, 0) is 22.1 Å². The van der Waals surface area contributed by atoms with Crippen molar-refractivity contribution >= 4 is 29.2 Å². The predicted octanol–water partition coefficient (Wildman–Crippen LogP) is -2.51. The first kappa shape index (κ1) is 12.7. The minimum atomic E-state index is 0. The molecule has 0 radical (unpaired) electrons. The molecule has 0 heterocycles. The molecule has 0 rings (SSSR count). The second kappa shape index (κ2) is 9.07. The van der Waals surface area contributed by atoms with Crippen molar-refractivity contribution in [3.63, 3.8) is 0 Å². The molecule has 0 saturated carbocycles. The van der Waals surface area contributed by atoms with Crippen molar-refractivity contribution in [1.29, 1.82) is 0 Å². The van der Waals surface area contributed by atoms with Gasteiger partial charge in [0.05, 0.1) is 6.61 Å². The quantitative estimate of drug-likeness (QED) is 0.203. The van der Waals surface area contributed by atoms with Crippen molar-refractivity contribution in [2.45, 2.75) is 0 Å². The molecule has 0 aromatic heterocycles. The largest absolute Gasteiger partial charge is 1.00 e. The Kier molecular flexibility index (Phi) is 12.8. The van der Waals surface area contributed by atoms with Gasteiger partial charge in [-0.15, -0.1) is 0 Å². The third-order valence-corrected chi connectivity index (χ3v) is 0.743. The minimum Gasteiger partial charge on any atom is -0.511 e. The standard InChI is InChI=1S/C4H8O2S2.Na/c1-5-2-3-6-4(7)8;/h2-3H2,1H3,(H,7,8);/q;+1/p-1. The van der Waals surface area contributed by atoms with Crippen LogP contribution in [0, 0.1) is 0 Å². The van der Waals surface area contributed by atoms with E-state index < -0.39 is 0 Å². The van der Waals surface area contributed by atoms with Crippen molar-refractivity contribution in [3.05, 3.63) is 0 Å². The first-order valence-corrected chi connectivity index (χ1v) is 2.91. The summed E-state index contributed by atoms with van der Waals surface area (Å²) in [6.45, 7) is 0.996. The van der Waals surface area contributed by atoms with Crippen LogP contribution in [0.25, 0.3) is 0 Å². The second-order valence-electron chi connectivity index (χ2n) is 1.09. The van der Waals surface area contributed by atoms with Crippen molar-refractivity contribution in [1.82, 2.24) is 0 Å². The van der Waals surface area contributed by atoms with E-state index in [1.165, 1.54) is 0 Å². The Morgan fingerprint density at radius 1 is 1.56 bits per heavy atom. The van der Waals surface area contributed by atoms with Gasteiger partial charge in [0.2, 0.25) is 0 Å². The minimum absolute atomic E-state index is 0. The Hall–Kier alpha value is 1.07. The third-order valence-electron chi connectivity index (χ3n) is 0.507. The molecule has 5 heteroatoms. The van der Waals surface area contributed by atoms with E-state index in [-0.39, 0.29) is 33.9 Å². The fraction of sp³-hybridized carbons (Fsp3) is 0.750. The van der Waals surface area contributed by atoms with Crippen LogP contribution in [0.2, 0.25) is 0 Å². The van der Waals surface area contributed by atoms with Gasteiger partial charge in [-0.05, 0) is 0 Å². The molecular formula is C4H7NaO2S2. The van der Waals surface area contributed by atoms with Gasteiger partial charge in [-0.1, -0.05) is 0 Å². The maximum atomic E-state index is 4.70. The molecule has 0 unspecified atom stereocenters. The Bertz CT molecular complexity index is 79.0. The van der Waals surface area contributed by atoms with E-state index in [1.807, 2.05) is 0 Å². The molecular weight excluding hydrogens is 167 g/mol. The van der Waals surface area contributed by atoms with Crippen LogP contribution in [0.4, 0.5) is 0 Å². The van der Waals surface area contributed by atoms with E-state index in [9.17, 15) is 0 Å². The van der Waals surface area contributed by atoms with Crippen LogP contribution < -0.4 is 29.6 Å². The zero-order valence-corrected chi connectivity index (χ0v) is 9.18. The number of hydrogen-bond acceptors (Lipinski definition) is 4. The Labute approximate surface area is 88.0 Å². The van der Waals surface area contributed by atoms with E-state index in [4.69, 9.17) is 4.74 Å². The third kappa shape index (κ3) is 12.3. The summed E-state index contributed by atoms with van der Waals surface area (Å²) in [5.74, 6) is 0. The van der Waals surface area contributed by atoms with E-state index in [0.29, 0.717) is 13.2 Å². The smallest absolute Gasteiger partial charge is 0.511 e. The molecule has 0 N–H and O–H groups in total. The summed E-state index contributed by atoms with van der Waals surface area (Å²) in [4.78, 5) is 0. The summed E-state index contributed by atoms with van der Waals surface area (Å²) >= 11 is 8.89. The van der Waals surface area contributed by atoms with Crippen LogP contribution in [0.1, 0.15) is 0 Å². The predicted molar refractivity (Wildman–Crippen MR) is 37.8 cm³/mol.